The molecule has 3 amide bonds. The maximum atomic E-state index is 13.8. The van der Waals surface area contributed by atoms with Gasteiger partial charge in [-0.05, 0) is 59.7 Å². The average Bonchev–Trinajstić information content (AvgIpc) is 3.55. The molecular weight excluding hydrogens is 541 g/mol. The molecule has 0 spiro atoms. The topological polar surface area (TPSA) is 74.1 Å². The van der Waals surface area contributed by atoms with Gasteiger partial charge in [-0.2, -0.15) is 0 Å². The van der Waals surface area contributed by atoms with Gasteiger partial charge in [0.2, 0.25) is 0 Å². The number of rotatable bonds is 5. The van der Waals surface area contributed by atoms with E-state index in [1.807, 2.05) is 42.5 Å². The molecule has 1 fully saturated rings. The van der Waals surface area contributed by atoms with Gasteiger partial charge < -0.3 is 19.1 Å². The summed E-state index contributed by atoms with van der Waals surface area (Å²) in [5, 5.41) is 0. The van der Waals surface area contributed by atoms with Crippen molar-refractivity contribution < 1.29 is 23.2 Å². The van der Waals surface area contributed by atoms with Gasteiger partial charge in [0, 0.05) is 36.6 Å². The summed E-state index contributed by atoms with van der Waals surface area (Å²) in [6.07, 6.45) is 3.32. The first-order valence-corrected chi connectivity index (χ1v) is 14.0. The van der Waals surface area contributed by atoms with E-state index in [1.165, 1.54) is 30.2 Å². The maximum Gasteiger partial charge on any atom is 0.289 e. The van der Waals surface area contributed by atoms with Crippen LogP contribution in [0.25, 0.3) is 6.08 Å². The molecule has 0 atom stereocenters. The van der Waals surface area contributed by atoms with Crippen LogP contribution in [-0.4, -0.2) is 53.7 Å². The second-order valence-electron chi connectivity index (χ2n) is 9.78. The Hall–Kier alpha value is -4.63. The zero-order valence-corrected chi connectivity index (χ0v) is 22.9. The third kappa shape index (κ3) is 5.67. The lowest BCUT2D eigenvalue weighted by molar-refractivity contribution is -0.114. The Morgan fingerprint density at radius 2 is 1.56 bits per heavy atom. The third-order valence-electron chi connectivity index (χ3n) is 7.11. The van der Waals surface area contributed by atoms with Gasteiger partial charge in [0.25, 0.3) is 17.7 Å². The summed E-state index contributed by atoms with van der Waals surface area (Å²) >= 11 is 1.37. The Morgan fingerprint density at radius 1 is 0.854 bits per heavy atom. The number of fused-ring (bicyclic) bond motifs is 1. The first-order valence-electron chi connectivity index (χ1n) is 13.2. The molecule has 3 heterocycles. The molecular formula is C32H26FN3O4S. The van der Waals surface area contributed by atoms with Crippen LogP contribution in [-0.2, 0) is 11.3 Å². The van der Waals surface area contributed by atoms with Crippen LogP contribution >= 0.6 is 11.8 Å². The number of benzene rings is 3. The van der Waals surface area contributed by atoms with E-state index in [2.05, 4.69) is 0 Å². The fourth-order valence-electron chi connectivity index (χ4n) is 4.92. The van der Waals surface area contributed by atoms with Gasteiger partial charge in [-0.3, -0.25) is 14.4 Å². The predicted octanol–water partition coefficient (Wildman–Crippen LogP) is 5.70. The van der Waals surface area contributed by atoms with E-state index in [4.69, 9.17) is 4.42 Å². The molecule has 0 N–H and O–H groups in total. The lowest BCUT2D eigenvalue weighted by Crippen LogP contribution is -2.50. The number of anilines is 1. The molecule has 9 heteroatoms. The highest BCUT2D eigenvalue weighted by Crippen LogP contribution is 2.43. The van der Waals surface area contributed by atoms with Crippen LogP contribution in [0.3, 0.4) is 0 Å². The normalized spacial score (nSPS) is 16.2. The zero-order valence-electron chi connectivity index (χ0n) is 22.0. The molecule has 0 bridgehead atoms. The van der Waals surface area contributed by atoms with E-state index < -0.39 is 0 Å². The highest BCUT2D eigenvalue weighted by molar-refractivity contribution is 8.04. The first kappa shape index (κ1) is 26.6. The molecule has 0 radical (unpaired) electrons. The Balaban J connectivity index is 1.26. The summed E-state index contributed by atoms with van der Waals surface area (Å²) in [6.45, 7) is 1.80. The molecule has 2 aliphatic heterocycles. The van der Waals surface area contributed by atoms with Gasteiger partial charge in [-0.15, -0.1) is 0 Å². The number of thioether (sulfide) groups is 1. The molecule has 206 valence electrons. The molecule has 41 heavy (non-hydrogen) atoms. The summed E-state index contributed by atoms with van der Waals surface area (Å²) in [7, 11) is 0. The van der Waals surface area contributed by atoms with E-state index in [1.54, 1.807) is 51.1 Å². The lowest BCUT2D eigenvalue weighted by atomic mass is 10.1. The molecule has 2 aliphatic rings. The van der Waals surface area contributed by atoms with Gasteiger partial charge in [-0.25, -0.2) is 4.39 Å². The van der Waals surface area contributed by atoms with E-state index in [9.17, 15) is 18.8 Å². The van der Waals surface area contributed by atoms with Crippen molar-refractivity contribution in [2.75, 3.05) is 31.1 Å². The SMILES string of the molecule is O=C(c1ccc2c(c1)N(Cc1ccc(F)cc1)C(=O)C(=Cc1ccccc1)S2)N1CCN(C(=O)c2ccco2)CC1. The number of halogens is 1. The zero-order chi connectivity index (χ0) is 28.3. The van der Waals surface area contributed by atoms with Crippen molar-refractivity contribution in [3.05, 3.63) is 124 Å². The van der Waals surface area contributed by atoms with Crippen LogP contribution in [0, 0.1) is 5.82 Å². The number of amides is 3. The minimum Gasteiger partial charge on any atom is -0.459 e. The highest BCUT2D eigenvalue weighted by atomic mass is 32.2. The molecule has 0 saturated carbocycles. The van der Waals surface area contributed by atoms with Gasteiger partial charge in [0.15, 0.2) is 5.76 Å². The fourth-order valence-corrected chi connectivity index (χ4v) is 5.96. The Bertz CT molecular complexity index is 1610. The number of piperazine rings is 1. The van der Waals surface area contributed by atoms with Crippen LogP contribution < -0.4 is 4.90 Å². The smallest absolute Gasteiger partial charge is 0.289 e. The standard InChI is InChI=1S/C32H26FN3O4S/c33-25-11-8-23(9-12-25)21-36-26-20-24(10-13-28(26)41-29(32(36)39)19-22-5-2-1-3-6-22)30(37)34-14-16-35(17-15-34)31(38)27-7-4-18-40-27/h1-13,18-20H,14-17,21H2. The first-order chi connectivity index (χ1) is 20.0. The quantitative estimate of drug-likeness (QED) is 0.290. The third-order valence-corrected chi connectivity index (χ3v) is 8.19. The fraction of sp³-hybridized carbons (Fsp3) is 0.156. The van der Waals surface area contributed by atoms with Crippen molar-refractivity contribution in [3.8, 4) is 0 Å². The van der Waals surface area contributed by atoms with Gasteiger partial charge in [0.1, 0.15) is 5.82 Å². The van der Waals surface area contributed by atoms with Crippen LogP contribution in [0.4, 0.5) is 10.1 Å². The van der Waals surface area contributed by atoms with E-state index in [0.717, 1.165) is 16.0 Å². The second kappa shape index (κ2) is 11.5. The summed E-state index contributed by atoms with van der Waals surface area (Å²) in [6, 6.07) is 24.4. The lowest BCUT2D eigenvalue weighted by Gasteiger charge is -2.35. The summed E-state index contributed by atoms with van der Waals surface area (Å²) in [5.41, 5.74) is 2.77. The predicted molar refractivity (Wildman–Crippen MR) is 155 cm³/mol. The number of carbonyl (C=O) groups excluding carboxylic acids is 3. The molecule has 0 unspecified atom stereocenters. The molecule has 4 aromatic rings. The molecule has 1 saturated heterocycles. The van der Waals surface area contributed by atoms with Crippen LogP contribution in [0.1, 0.15) is 32.0 Å². The highest BCUT2D eigenvalue weighted by Gasteiger charge is 2.32. The van der Waals surface area contributed by atoms with Crippen LogP contribution in [0.2, 0.25) is 0 Å². The maximum absolute atomic E-state index is 13.8. The van der Waals surface area contributed by atoms with E-state index >= 15 is 0 Å². The summed E-state index contributed by atoms with van der Waals surface area (Å²) < 4.78 is 18.8. The Kier molecular flexibility index (Phi) is 7.43. The molecule has 6 rings (SSSR count). The van der Waals surface area contributed by atoms with Crippen molar-refractivity contribution in [2.24, 2.45) is 0 Å². The largest absolute Gasteiger partial charge is 0.459 e. The minimum absolute atomic E-state index is 0.164. The van der Waals surface area contributed by atoms with Crippen molar-refractivity contribution in [2.45, 2.75) is 11.4 Å². The minimum atomic E-state index is -0.349. The number of hydrogen-bond acceptors (Lipinski definition) is 5. The monoisotopic (exact) mass is 567 g/mol. The van der Waals surface area contributed by atoms with Crippen LogP contribution in [0.15, 0.2) is 105 Å². The Labute approximate surface area is 240 Å². The average molecular weight is 568 g/mol. The van der Waals surface area contributed by atoms with Gasteiger partial charge in [-0.1, -0.05) is 54.2 Å². The van der Waals surface area contributed by atoms with Crippen LogP contribution in [0.5, 0.6) is 0 Å². The number of nitrogens with zero attached hydrogens (tertiary/aromatic N) is 3. The van der Waals surface area contributed by atoms with Crippen molar-refractivity contribution in [1.82, 2.24) is 9.80 Å². The van der Waals surface area contributed by atoms with E-state index in [-0.39, 0.29) is 35.8 Å². The van der Waals surface area contributed by atoms with E-state index in [0.29, 0.717) is 42.3 Å². The molecule has 7 nitrogen and oxygen atoms in total. The molecule has 0 aliphatic carbocycles. The van der Waals surface area contributed by atoms with Crippen molar-refractivity contribution in [1.29, 1.82) is 0 Å². The summed E-state index contributed by atoms with van der Waals surface area (Å²) in [4.78, 5) is 46.3. The van der Waals surface area contributed by atoms with Gasteiger partial charge in [0.05, 0.1) is 23.4 Å². The number of furan rings is 1. The molecule has 3 aromatic carbocycles. The van der Waals surface area contributed by atoms with Crippen molar-refractivity contribution in [3.63, 3.8) is 0 Å². The second-order valence-corrected chi connectivity index (χ2v) is 10.9. The van der Waals surface area contributed by atoms with Gasteiger partial charge >= 0.3 is 0 Å². The van der Waals surface area contributed by atoms with Crippen molar-refractivity contribution >= 4 is 41.2 Å². The summed E-state index contributed by atoms with van der Waals surface area (Å²) in [5.74, 6) is -0.614. The molecule has 1 aromatic heterocycles. The number of carbonyl (C=O) groups is 3. The number of hydrogen-bond donors (Lipinski definition) is 0. The Morgan fingerprint density at radius 3 is 2.24 bits per heavy atom.